The van der Waals surface area contributed by atoms with E-state index in [1.807, 2.05) is 60.9 Å². The number of hydrogen-bond acceptors (Lipinski definition) is 3. The Labute approximate surface area is 141 Å². The molecule has 0 radical (unpaired) electrons. The van der Waals surface area contributed by atoms with Gasteiger partial charge in [-0.25, -0.2) is 4.98 Å². The Balaban J connectivity index is 2.08. The highest BCUT2D eigenvalue weighted by Crippen LogP contribution is 2.28. The molecule has 0 aliphatic heterocycles. The molecular weight excluding hydrogens is 302 g/mol. The predicted molar refractivity (Wildman–Crippen MR) is 95.0 cm³/mol. The van der Waals surface area contributed by atoms with Crippen molar-refractivity contribution in [3.8, 4) is 11.4 Å². The topological polar surface area (TPSA) is 56.2 Å². The Morgan fingerprint density at radius 1 is 1.25 bits per heavy atom. The molecule has 0 saturated carbocycles. The van der Waals surface area contributed by atoms with Gasteiger partial charge in [0.15, 0.2) is 0 Å². The fraction of sp³-hybridized carbons (Fsp3) is 0.263. The van der Waals surface area contributed by atoms with Crippen molar-refractivity contribution < 1.29 is 9.53 Å². The molecule has 3 rings (SSSR count). The lowest BCUT2D eigenvalue weighted by atomic mass is 10.2. The number of rotatable bonds is 5. The van der Waals surface area contributed by atoms with E-state index >= 15 is 0 Å². The second kappa shape index (κ2) is 6.74. The molecule has 0 saturated heterocycles. The maximum absolute atomic E-state index is 12.1. The first-order valence-corrected chi connectivity index (χ1v) is 8.06. The third kappa shape index (κ3) is 2.85. The van der Waals surface area contributed by atoms with Crippen LogP contribution in [0.4, 0.5) is 0 Å². The maximum Gasteiger partial charge on any atom is 0.251 e. The molecule has 0 spiro atoms. The molecule has 0 fully saturated rings. The standard InChI is InChI=1S/C19H21N3O2/c1-4-11-20-19(23)14-9-10-16-15(12-14)21-13(2)22(16)17-7-5-6-8-18(17)24-3/h5-10,12H,4,11H2,1-3H3,(H,20,23). The molecule has 2 aromatic carbocycles. The van der Waals surface area contributed by atoms with Crippen LogP contribution in [0.25, 0.3) is 16.7 Å². The number of carbonyl (C=O) groups is 1. The Morgan fingerprint density at radius 2 is 2.04 bits per heavy atom. The Kier molecular flexibility index (Phi) is 4.51. The number of methoxy groups -OCH3 is 1. The smallest absolute Gasteiger partial charge is 0.251 e. The van der Waals surface area contributed by atoms with Crippen LogP contribution in [0, 0.1) is 6.92 Å². The minimum atomic E-state index is -0.0664. The molecule has 124 valence electrons. The zero-order chi connectivity index (χ0) is 17.1. The first kappa shape index (κ1) is 16.1. The van der Waals surface area contributed by atoms with Gasteiger partial charge in [0.2, 0.25) is 0 Å². The maximum atomic E-state index is 12.1. The van der Waals surface area contributed by atoms with Crippen LogP contribution in [0.15, 0.2) is 42.5 Å². The van der Waals surface area contributed by atoms with E-state index in [0.29, 0.717) is 12.1 Å². The molecule has 1 heterocycles. The molecular formula is C19H21N3O2. The molecule has 5 heteroatoms. The third-order valence-corrected chi connectivity index (χ3v) is 3.95. The summed E-state index contributed by atoms with van der Waals surface area (Å²) in [5, 5.41) is 2.89. The van der Waals surface area contributed by atoms with Crippen LogP contribution in [0.2, 0.25) is 0 Å². The van der Waals surface area contributed by atoms with Gasteiger partial charge in [0.1, 0.15) is 11.6 Å². The van der Waals surface area contributed by atoms with E-state index in [4.69, 9.17) is 4.74 Å². The molecule has 0 unspecified atom stereocenters. The van der Waals surface area contributed by atoms with Crippen molar-refractivity contribution in [2.45, 2.75) is 20.3 Å². The van der Waals surface area contributed by atoms with Gasteiger partial charge in [0.05, 0.1) is 23.8 Å². The van der Waals surface area contributed by atoms with Gasteiger partial charge >= 0.3 is 0 Å². The Bertz CT molecular complexity index is 883. The number of amides is 1. The van der Waals surface area contributed by atoms with Crippen LogP contribution in [0.3, 0.4) is 0 Å². The number of benzene rings is 2. The van der Waals surface area contributed by atoms with Crippen molar-refractivity contribution in [2.24, 2.45) is 0 Å². The van der Waals surface area contributed by atoms with Crippen LogP contribution in [0.1, 0.15) is 29.5 Å². The van der Waals surface area contributed by atoms with E-state index in [0.717, 1.165) is 34.7 Å². The van der Waals surface area contributed by atoms with Gasteiger partial charge < -0.3 is 10.1 Å². The number of aryl methyl sites for hydroxylation is 1. The number of aromatic nitrogens is 2. The molecule has 1 N–H and O–H groups in total. The van der Waals surface area contributed by atoms with Crippen LogP contribution in [-0.2, 0) is 0 Å². The van der Waals surface area contributed by atoms with Crippen molar-refractivity contribution in [1.29, 1.82) is 0 Å². The molecule has 3 aromatic rings. The SMILES string of the molecule is CCCNC(=O)c1ccc2c(c1)nc(C)n2-c1ccccc1OC. The molecule has 5 nitrogen and oxygen atoms in total. The fourth-order valence-electron chi connectivity index (χ4n) is 2.80. The average molecular weight is 323 g/mol. The second-order valence-corrected chi connectivity index (χ2v) is 5.63. The Morgan fingerprint density at radius 3 is 2.79 bits per heavy atom. The van der Waals surface area contributed by atoms with E-state index in [9.17, 15) is 4.79 Å². The summed E-state index contributed by atoms with van der Waals surface area (Å²) in [6, 6.07) is 13.4. The normalized spacial score (nSPS) is 10.8. The number of nitrogens with one attached hydrogen (secondary N) is 1. The molecule has 1 aromatic heterocycles. The van der Waals surface area contributed by atoms with E-state index in [-0.39, 0.29) is 5.91 Å². The first-order chi connectivity index (χ1) is 11.7. The van der Waals surface area contributed by atoms with Gasteiger partial charge in [-0.15, -0.1) is 0 Å². The van der Waals surface area contributed by atoms with E-state index in [1.54, 1.807) is 7.11 Å². The molecule has 24 heavy (non-hydrogen) atoms. The Hall–Kier alpha value is -2.82. The first-order valence-electron chi connectivity index (χ1n) is 8.06. The highest BCUT2D eigenvalue weighted by atomic mass is 16.5. The summed E-state index contributed by atoms with van der Waals surface area (Å²) >= 11 is 0. The van der Waals surface area contributed by atoms with Crippen molar-refractivity contribution in [2.75, 3.05) is 13.7 Å². The fourth-order valence-corrected chi connectivity index (χ4v) is 2.80. The minimum absolute atomic E-state index is 0.0664. The van der Waals surface area contributed by atoms with Gasteiger partial charge in [-0.1, -0.05) is 19.1 Å². The largest absolute Gasteiger partial charge is 0.495 e. The lowest BCUT2D eigenvalue weighted by Crippen LogP contribution is -2.23. The summed E-state index contributed by atoms with van der Waals surface area (Å²) in [6.45, 7) is 4.65. The van der Waals surface area contributed by atoms with E-state index in [1.165, 1.54) is 0 Å². The zero-order valence-electron chi connectivity index (χ0n) is 14.2. The summed E-state index contributed by atoms with van der Waals surface area (Å²) in [4.78, 5) is 16.8. The number of para-hydroxylation sites is 2. The molecule has 0 aliphatic rings. The molecule has 0 aliphatic carbocycles. The van der Waals surface area contributed by atoms with Crippen LogP contribution < -0.4 is 10.1 Å². The number of carbonyl (C=O) groups excluding carboxylic acids is 1. The van der Waals surface area contributed by atoms with Gasteiger partial charge in [-0.2, -0.15) is 0 Å². The van der Waals surface area contributed by atoms with Gasteiger partial charge in [-0.05, 0) is 43.7 Å². The zero-order valence-corrected chi connectivity index (χ0v) is 14.2. The number of fused-ring (bicyclic) bond motifs is 1. The van der Waals surface area contributed by atoms with Crippen molar-refractivity contribution >= 4 is 16.9 Å². The third-order valence-electron chi connectivity index (χ3n) is 3.95. The van der Waals surface area contributed by atoms with Crippen molar-refractivity contribution in [3.05, 3.63) is 53.9 Å². The van der Waals surface area contributed by atoms with E-state index < -0.39 is 0 Å². The minimum Gasteiger partial charge on any atom is -0.495 e. The van der Waals surface area contributed by atoms with Gasteiger partial charge in [0, 0.05) is 12.1 Å². The lowest BCUT2D eigenvalue weighted by molar-refractivity contribution is 0.0954. The summed E-state index contributed by atoms with van der Waals surface area (Å²) in [7, 11) is 1.66. The number of imidazole rings is 1. The summed E-state index contributed by atoms with van der Waals surface area (Å²) in [5.74, 6) is 1.56. The van der Waals surface area contributed by atoms with Gasteiger partial charge in [0.25, 0.3) is 5.91 Å². The van der Waals surface area contributed by atoms with Crippen LogP contribution in [0.5, 0.6) is 5.75 Å². The highest BCUT2D eigenvalue weighted by Gasteiger charge is 2.14. The predicted octanol–water partition coefficient (Wildman–Crippen LogP) is 3.48. The van der Waals surface area contributed by atoms with Gasteiger partial charge in [-0.3, -0.25) is 9.36 Å². The highest BCUT2D eigenvalue weighted by molar-refractivity contribution is 5.97. The van der Waals surface area contributed by atoms with Crippen LogP contribution >= 0.6 is 0 Å². The lowest BCUT2D eigenvalue weighted by Gasteiger charge is -2.11. The second-order valence-electron chi connectivity index (χ2n) is 5.63. The molecule has 0 atom stereocenters. The summed E-state index contributed by atoms with van der Waals surface area (Å²) < 4.78 is 7.51. The number of nitrogens with zero attached hydrogens (tertiary/aromatic N) is 2. The van der Waals surface area contributed by atoms with E-state index in [2.05, 4.69) is 10.3 Å². The molecule has 0 bridgehead atoms. The average Bonchev–Trinajstić information content (AvgIpc) is 2.94. The number of hydrogen-bond donors (Lipinski definition) is 1. The molecule has 1 amide bonds. The van der Waals surface area contributed by atoms with Crippen LogP contribution in [-0.4, -0.2) is 29.1 Å². The number of ether oxygens (including phenoxy) is 1. The summed E-state index contributed by atoms with van der Waals surface area (Å²) in [5.41, 5.74) is 3.30. The van der Waals surface area contributed by atoms with Crippen molar-refractivity contribution in [1.82, 2.24) is 14.9 Å². The van der Waals surface area contributed by atoms with Crippen molar-refractivity contribution in [3.63, 3.8) is 0 Å². The summed E-state index contributed by atoms with van der Waals surface area (Å²) in [6.07, 6.45) is 0.912. The quantitative estimate of drug-likeness (QED) is 0.782. The monoisotopic (exact) mass is 323 g/mol.